The Bertz CT molecular complexity index is 1320. The molecule has 0 unspecified atom stereocenters. The average Bonchev–Trinajstić information content (AvgIpc) is 3.21. The number of ketones is 1. The largest absolute Gasteiger partial charge is 0.506 e. The average molecular weight is 771 g/mol. The first kappa shape index (κ1) is 47.4. The quantitative estimate of drug-likeness (QED) is 0.0525. The van der Waals surface area contributed by atoms with E-state index < -0.39 is 0 Å². The second kappa shape index (κ2) is 32.0. The van der Waals surface area contributed by atoms with Crippen molar-refractivity contribution in [1.29, 1.82) is 0 Å². The van der Waals surface area contributed by atoms with Crippen molar-refractivity contribution in [3.8, 4) is 0 Å². The van der Waals surface area contributed by atoms with Crippen molar-refractivity contribution in [2.75, 3.05) is 18.4 Å². The third kappa shape index (κ3) is 20.4. The fraction of sp³-hybridized carbons (Fsp3) is 0.720. The molecule has 0 aromatic carbocycles. The fourth-order valence-corrected chi connectivity index (χ4v) is 7.93. The van der Waals surface area contributed by atoms with Crippen molar-refractivity contribution >= 4 is 29.0 Å². The first-order chi connectivity index (χ1) is 27.7. The number of Topliss-reactive ketones (excluding diaryl/α,β-unsaturated/α-hetero) is 1. The maximum absolute atomic E-state index is 13.1. The number of allylic oxidation sites excluding steroid dienone is 4. The number of nitrogens with one attached hydrogen (secondary N) is 1. The molecule has 1 aromatic rings. The summed E-state index contributed by atoms with van der Waals surface area (Å²) >= 11 is 0. The van der Waals surface area contributed by atoms with Crippen LogP contribution in [0.25, 0.3) is 5.57 Å². The SMILES string of the molecule is CCCCCCCCCCCCCCCCCCN=C1C=C/C(=C2\C(=O)C(c3ccc(NCCCCCCCCCCCCCCCCCC)cn3)=C2O)N=C1. The Labute approximate surface area is 343 Å². The van der Waals surface area contributed by atoms with Crippen LogP contribution in [0.2, 0.25) is 0 Å². The summed E-state index contributed by atoms with van der Waals surface area (Å²) in [7, 11) is 0. The highest BCUT2D eigenvalue weighted by Crippen LogP contribution is 2.38. The van der Waals surface area contributed by atoms with Crippen LogP contribution in [-0.2, 0) is 4.79 Å². The van der Waals surface area contributed by atoms with Gasteiger partial charge in [-0.3, -0.25) is 19.8 Å². The summed E-state index contributed by atoms with van der Waals surface area (Å²) in [6.07, 6.45) is 50.8. The molecule has 0 amide bonds. The molecular weight excluding hydrogens is 689 g/mol. The maximum atomic E-state index is 13.1. The van der Waals surface area contributed by atoms with E-state index in [1.165, 1.54) is 193 Å². The van der Waals surface area contributed by atoms with Gasteiger partial charge in [-0.1, -0.05) is 206 Å². The van der Waals surface area contributed by atoms with Gasteiger partial charge in [0.25, 0.3) is 0 Å². The van der Waals surface area contributed by atoms with Crippen LogP contribution in [0.15, 0.2) is 57.5 Å². The zero-order chi connectivity index (χ0) is 39.7. The Balaban J connectivity index is 1.19. The van der Waals surface area contributed by atoms with Crippen LogP contribution in [0.1, 0.15) is 225 Å². The molecule has 0 saturated heterocycles. The number of hydrogen-bond acceptors (Lipinski definition) is 6. The number of aliphatic hydroxyl groups is 1. The smallest absolute Gasteiger partial charge is 0.204 e. The number of dihydropyridines is 1. The van der Waals surface area contributed by atoms with E-state index in [1.807, 2.05) is 18.2 Å². The molecule has 1 aliphatic carbocycles. The van der Waals surface area contributed by atoms with Gasteiger partial charge in [-0.25, -0.2) is 0 Å². The summed E-state index contributed by atoms with van der Waals surface area (Å²) in [4.78, 5) is 26.7. The number of aliphatic hydroxyl groups excluding tert-OH is 1. The topological polar surface area (TPSA) is 86.9 Å². The Hall–Kier alpha value is -3.02. The number of unbranched alkanes of at least 4 members (excludes halogenated alkanes) is 30. The predicted molar refractivity (Wildman–Crippen MR) is 243 cm³/mol. The highest BCUT2D eigenvalue weighted by atomic mass is 16.3. The van der Waals surface area contributed by atoms with Gasteiger partial charge in [-0.2, -0.15) is 0 Å². The third-order valence-corrected chi connectivity index (χ3v) is 11.6. The number of carbonyl (C=O) groups is 1. The van der Waals surface area contributed by atoms with Crippen LogP contribution in [0, 0.1) is 0 Å². The summed E-state index contributed by atoms with van der Waals surface area (Å²) in [6.45, 7) is 6.28. The minimum Gasteiger partial charge on any atom is -0.506 e. The lowest BCUT2D eigenvalue weighted by Gasteiger charge is -2.22. The van der Waals surface area contributed by atoms with Crippen LogP contribution in [0.5, 0.6) is 0 Å². The monoisotopic (exact) mass is 771 g/mol. The standard InChI is InChI=1S/C50H82N4O2/c1-3-5-7-9-11-13-15-17-19-21-23-25-27-29-31-33-39-51-43-35-37-45(53-41-43)47-49(55)48(50(47)56)46-38-36-44(42-54-46)52-40-34-32-30-28-26-24-22-20-18-16-14-12-10-8-6-4-2/h35-38,41-42,51,55H,3-34,39-40H2,1-2H3/b48-46+,52-44?. The van der Waals surface area contributed by atoms with E-state index in [0.717, 1.165) is 37.3 Å². The van der Waals surface area contributed by atoms with Gasteiger partial charge in [-0.05, 0) is 37.1 Å². The lowest BCUT2D eigenvalue weighted by Crippen LogP contribution is -2.23. The third-order valence-electron chi connectivity index (χ3n) is 11.6. The summed E-state index contributed by atoms with van der Waals surface area (Å²) < 4.78 is 0. The zero-order valence-corrected chi connectivity index (χ0v) is 36.2. The number of pyridine rings is 1. The summed E-state index contributed by atoms with van der Waals surface area (Å²) in [5, 5.41) is 14.3. The van der Waals surface area contributed by atoms with E-state index in [0.29, 0.717) is 11.4 Å². The van der Waals surface area contributed by atoms with Gasteiger partial charge in [0.2, 0.25) is 5.78 Å². The molecule has 1 aromatic heterocycles. The van der Waals surface area contributed by atoms with E-state index in [1.54, 1.807) is 18.5 Å². The Morgan fingerprint density at radius 2 is 1.00 bits per heavy atom. The highest BCUT2D eigenvalue weighted by molar-refractivity contribution is 6.40. The molecule has 2 aliphatic rings. The van der Waals surface area contributed by atoms with Crippen molar-refractivity contribution < 1.29 is 9.90 Å². The van der Waals surface area contributed by atoms with E-state index in [4.69, 9.17) is 0 Å². The second-order valence-electron chi connectivity index (χ2n) is 16.7. The van der Waals surface area contributed by atoms with Crippen LogP contribution in [0.3, 0.4) is 0 Å². The minimum atomic E-state index is -0.214. The van der Waals surface area contributed by atoms with Gasteiger partial charge in [0.15, 0.2) is 0 Å². The minimum absolute atomic E-state index is 0.0262. The molecule has 3 rings (SSSR count). The zero-order valence-electron chi connectivity index (χ0n) is 36.2. The maximum Gasteiger partial charge on any atom is 0.204 e. The second-order valence-corrected chi connectivity index (χ2v) is 16.7. The molecule has 2 N–H and O–H groups in total. The fourth-order valence-electron chi connectivity index (χ4n) is 7.93. The summed E-state index contributed by atoms with van der Waals surface area (Å²) in [5.41, 5.74) is 3.26. The van der Waals surface area contributed by atoms with Gasteiger partial charge in [0.05, 0.1) is 46.3 Å². The number of rotatable bonds is 36. The lowest BCUT2D eigenvalue weighted by molar-refractivity contribution is -0.111. The Morgan fingerprint density at radius 3 is 1.39 bits per heavy atom. The van der Waals surface area contributed by atoms with E-state index in [2.05, 4.69) is 34.1 Å². The number of aromatic nitrogens is 1. The normalized spacial score (nSPS) is 16.0. The van der Waals surface area contributed by atoms with Crippen molar-refractivity contribution in [2.24, 2.45) is 9.98 Å². The van der Waals surface area contributed by atoms with Crippen LogP contribution >= 0.6 is 0 Å². The molecule has 2 heterocycles. The number of hydrogen-bond donors (Lipinski definition) is 2. The van der Waals surface area contributed by atoms with Crippen LogP contribution < -0.4 is 5.32 Å². The Kier molecular flexibility index (Phi) is 27.1. The molecule has 0 radical (unpaired) electrons. The van der Waals surface area contributed by atoms with Crippen LogP contribution in [0.4, 0.5) is 5.69 Å². The first-order valence-corrected chi connectivity index (χ1v) is 23.8. The van der Waals surface area contributed by atoms with Gasteiger partial charge in [0, 0.05) is 13.1 Å². The molecule has 0 bridgehead atoms. The molecule has 1 aliphatic heterocycles. The molecule has 0 fully saturated rings. The van der Waals surface area contributed by atoms with E-state index in [-0.39, 0.29) is 22.7 Å². The summed E-state index contributed by atoms with van der Waals surface area (Å²) in [6, 6.07) is 3.75. The van der Waals surface area contributed by atoms with Crippen molar-refractivity contribution in [3.63, 3.8) is 0 Å². The molecule has 0 spiro atoms. The molecule has 0 saturated carbocycles. The number of anilines is 1. The summed E-state index contributed by atoms with van der Waals surface area (Å²) in [5.74, 6) is -0.240. The molecule has 314 valence electrons. The number of nitrogens with zero attached hydrogens (tertiary/aromatic N) is 3. The molecule has 56 heavy (non-hydrogen) atoms. The van der Waals surface area contributed by atoms with Gasteiger partial charge in [0.1, 0.15) is 5.76 Å². The molecular formula is C50H82N4O2. The molecule has 6 heteroatoms. The van der Waals surface area contributed by atoms with E-state index in [9.17, 15) is 9.90 Å². The Morgan fingerprint density at radius 1 is 0.554 bits per heavy atom. The predicted octanol–water partition coefficient (Wildman–Crippen LogP) is 15.2. The highest BCUT2D eigenvalue weighted by Gasteiger charge is 2.38. The van der Waals surface area contributed by atoms with Crippen molar-refractivity contribution in [1.82, 2.24) is 4.98 Å². The first-order valence-electron chi connectivity index (χ1n) is 23.8. The lowest BCUT2D eigenvalue weighted by atomic mass is 9.84. The van der Waals surface area contributed by atoms with Gasteiger partial charge < -0.3 is 10.4 Å². The van der Waals surface area contributed by atoms with Crippen molar-refractivity contribution in [2.45, 2.75) is 219 Å². The molecule has 0 atom stereocenters. The van der Waals surface area contributed by atoms with Gasteiger partial charge >= 0.3 is 0 Å². The van der Waals surface area contributed by atoms with Crippen LogP contribution in [-0.4, -0.2) is 40.9 Å². The van der Waals surface area contributed by atoms with E-state index >= 15 is 0 Å². The molecule has 6 nitrogen and oxygen atoms in total. The van der Waals surface area contributed by atoms with Gasteiger partial charge in [-0.15, -0.1) is 0 Å². The number of carbonyl (C=O) groups excluding carboxylic acids is 1. The number of aliphatic imine (C=N–C) groups is 2. The van der Waals surface area contributed by atoms with Crippen molar-refractivity contribution in [3.05, 3.63) is 53.2 Å².